The first-order valence-electron chi connectivity index (χ1n) is 11.2. The molecule has 2 aliphatic rings. The number of nitrogens with zero attached hydrogens (tertiary/aromatic N) is 1. The molecule has 5 heteroatoms. The van der Waals surface area contributed by atoms with Crippen molar-refractivity contribution in [3.8, 4) is 0 Å². The number of hydrogen-bond acceptors (Lipinski definition) is 2. The zero-order valence-electron chi connectivity index (χ0n) is 18.1. The van der Waals surface area contributed by atoms with Gasteiger partial charge in [0.25, 0.3) is 0 Å². The molecule has 2 N–H and O–H groups in total. The number of aromatic amines is 1. The maximum atomic E-state index is 15.8. The molecule has 1 aliphatic heterocycles. The number of carboxylic acids is 1. The Kier molecular flexibility index (Phi) is 4.89. The molecule has 1 saturated carbocycles. The molecule has 2 atom stereocenters. The number of nitrogens with one attached hydrogen (secondary N) is 1. The number of carbonyl (C=O) groups is 1. The van der Waals surface area contributed by atoms with Crippen molar-refractivity contribution in [1.29, 1.82) is 0 Å². The smallest absolute Gasteiger partial charge is 0.335 e. The lowest BCUT2D eigenvalue weighted by atomic mass is 9.81. The Bertz CT molecular complexity index is 1130. The van der Waals surface area contributed by atoms with Crippen LogP contribution in [0, 0.1) is 19.8 Å². The van der Waals surface area contributed by atoms with Gasteiger partial charge in [-0.3, -0.25) is 4.90 Å². The molecule has 31 heavy (non-hydrogen) atoms. The first kappa shape index (κ1) is 20.3. The molecule has 4 nitrogen and oxygen atoms in total. The first-order valence-corrected chi connectivity index (χ1v) is 11.2. The fraction of sp³-hybridized carbons (Fsp3) is 0.423. The van der Waals surface area contributed by atoms with Crippen molar-refractivity contribution < 1.29 is 14.3 Å². The van der Waals surface area contributed by atoms with Crippen molar-refractivity contribution in [3.63, 3.8) is 0 Å². The highest BCUT2D eigenvalue weighted by molar-refractivity contribution is 5.88. The van der Waals surface area contributed by atoms with Gasteiger partial charge in [0.05, 0.1) is 5.56 Å². The minimum absolute atomic E-state index is 0.0584. The molecule has 0 bridgehead atoms. The maximum Gasteiger partial charge on any atom is 0.335 e. The fourth-order valence-corrected chi connectivity index (χ4v) is 5.43. The van der Waals surface area contributed by atoms with Crippen LogP contribution < -0.4 is 0 Å². The molecule has 0 spiro atoms. The van der Waals surface area contributed by atoms with E-state index in [1.54, 1.807) is 12.1 Å². The molecule has 0 radical (unpaired) electrons. The number of alkyl halides is 1. The van der Waals surface area contributed by atoms with Gasteiger partial charge in [-0.25, -0.2) is 9.18 Å². The van der Waals surface area contributed by atoms with Gasteiger partial charge >= 0.3 is 5.97 Å². The Morgan fingerprint density at radius 3 is 2.61 bits per heavy atom. The van der Waals surface area contributed by atoms with Crippen LogP contribution in [0.3, 0.4) is 0 Å². The quantitative estimate of drug-likeness (QED) is 0.537. The summed E-state index contributed by atoms with van der Waals surface area (Å²) in [6, 6.07) is 11.3. The molecular weight excluding hydrogens is 391 g/mol. The molecule has 2 fully saturated rings. The zero-order valence-corrected chi connectivity index (χ0v) is 18.1. The van der Waals surface area contributed by atoms with Gasteiger partial charge in [0, 0.05) is 42.7 Å². The van der Waals surface area contributed by atoms with Crippen molar-refractivity contribution in [2.75, 3.05) is 6.54 Å². The van der Waals surface area contributed by atoms with E-state index in [4.69, 9.17) is 0 Å². The van der Waals surface area contributed by atoms with E-state index >= 15 is 4.39 Å². The van der Waals surface area contributed by atoms with Gasteiger partial charge in [0.15, 0.2) is 0 Å². The Hall–Kier alpha value is -2.66. The predicted octanol–water partition coefficient (Wildman–Crippen LogP) is 5.94. The first-order chi connectivity index (χ1) is 14.9. The Balaban J connectivity index is 1.50. The second kappa shape index (κ2) is 7.49. The Morgan fingerprint density at radius 1 is 1.19 bits per heavy atom. The Labute approximate surface area is 182 Å². The van der Waals surface area contributed by atoms with Crippen LogP contribution in [0.5, 0.6) is 0 Å². The molecule has 1 saturated heterocycles. The molecule has 0 amide bonds. The molecule has 2 heterocycles. The number of halogens is 1. The maximum absolute atomic E-state index is 15.8. The van der Waals surface area contributed by atoms with Crippen LogP contribution in [0.25, 0.3) is 10.9 Å². The van der Waals surface area contributed by atoms with Crippen LogP contribution >= 0.6 is 0 Å². The molecule has 1 aliphatic carbocycles. The standard InChI is InChI=1S/C26H29FN2O2/c1-16-13-17(2)24-21(9-11-28-24)22(16)15-29-12-10-26(27,20-7-8-20)14-23(29)18-3-5-19(6-4-18)25(30)31/h3-6,9,11,13,20,23,28H,7-8,10,12,14-15H2,1-2H3,(H,30,31). The van der Waals surface area contributed by atoms with Crippen LogP contribution in [-0.2, 0) is 6.54 Å². The van der Waals surface area contributed by atoms with Crippen molar-refractivity contribution in [2.24, 2.45) is 5.92 Å². The molecule has 2 aromatic carbocycles. The zero-order chi connectivity index (χ0) is 21.8. The lowest BCUT2D eigenvalue weighted by Crippen LogP contribution is -2.44. The van der Waals surface area contributed by atoms with Crippen molar-refractivity contribution >= 4 is 16.9 Å². The predicted molar refractivity (Wildman–Crippen MR) is 120 cm³/mol. The van der Waals surface area contributed by atoms with Gasteiger partial charge in [-0.2, -0.15) is 0 Å². The number of aryl methyl sites for hydroxylation is 2. The van der Waals surface area contributed by atoms with Gasteiger partial charge in [0.1, 0.15) is 5.67 Å². The van der Waals surface area contributed by atoms with E-state index in [1.165, 1.54) is 22.1 Å². The third kappa shape index (κ3) is 3.65. The van der Waals surface area contributed by atoms with Gasteiger partial charge < -0.3 is 10.1 Å². The van der Waals surface area contributed by atoms with Crippen LogP contribution in [0.15, 0.2) is 42.6 Å². The van der Waals surface area contributed by atoms with E-state index in [9.17, 15) is 9.90 Å². The minimum Gasteiger partial charge on any atom is -0.478 e. The second-order valence-electron chi connectivity index (χ2n) is 9.43. The van der Waals surface area contributed by atoms with Crippen LogP contribution in [0.1, 0.15) is 64.3 Å². The number of hydrogen-bond donors (Lipinski definition) is 2. The number of piperidine rings is 1. The van der Waals surface area contributed by atoms with Crippen molar-refractivity contribution in [3.05, 3.63) is 70.4 Å². The third-order valence-electron chi connectivity index (χ3n) is 7.38. The summed E-state index contributed by atoms with van der Waals surface area (Å²) >= 11 is 0. The largest absolute Gasteiger partial charge is 0.478 e. The third-order valence-corrected chi connectivity index (χ3v) is 7.38. The average Bonchev–Trinajstić information content (AvgIpc) is 3.50. The molecule has 1 aromatic heterocycles. The lowest BCUT2D eigenvalue weighted by molar-refractivity contribution is -0.00241. The van der Waals surface area contributed by atoms with E-state index in [0.717, 1.165) is 30.5 Å². The molecule has 2 unspecified atom stereocenters. The summed E-state index contributed by atoms with van der Waals surface area (Å²) in [7, 11) is 0. The Morgan fingerprint density at radius 2 is 1.94 bits per heavy atom. The monoisotopic (exact) mass is 420 g/mol. The summed E-state index contributed by atoms with van der Waals surface area (Å²) in [5.74, 6) is -0.747. The number of benzene rings is 2. The van der Waals surface area contributed by atoms with Gasteiger partial charge in [-0.05, 0) is 79.5 Å². The highest BCUT2D eigenvalue weighted by atomic mass is 19.1. The summed E-state index contributed by atoms with van der Waals surface area (Å²) in [5.41, 5.74) is 5.09. The van der Waals surface area contributed by atoms with Crippen LogP contribution in [-0.4, -0.2) is 33.2 Å². The highest BCUT2D eigenvalue weighted by Gasteiger charge is 2.50. The fourth-order valence-electron chi connectivity index (χ4n) is 5.43. The van der Waals surface area contributed by atoms with Crippen molar-refractivity contribution in [1.82, 2.24) is 9.88 Å². The van der Waals surface area contributed by atoms with E-state index in [1.807, 2.05) is 18.3 Å². The van der Waals surface area contributed by atoms with Crippen LogP contribution in [0.2, 0.25) is 0 Å². The summed E-state index contributed by atoms with van der Waals surface area (Å²) < 4.78 is 15.8. The number of fused-ring (bicyclic) bond motifs is 1. The van der Waals surface area contributed by atoms with E-state index < -0.39 is 11.6 Å². The molecule has 5 rings (SSSR count). The SMILES string of the molecule is Cc1cc(C)c2[nH]ccc2c1CN1CCC(F)(C2CC2)CC1c1ccc(C(=O)O)cc1. The lowest BCUT2D eigenvalue weighted by Gasteiger charge is -2.43. The molecule has 162 valence electrons. The number of likely N-dealkylation sites (tertiary alicyclic amines) is 1. The summed E-state index contributed by atoms with van der Waals surface area (Å²) in [6.45, 7) is 5.74. The highest BCUT2D eigenvalue weighted by Crippen LogP contribution is 2.52. The van der Waals surface area contributed by atoms with Crippen molar-refractivity contribution in [2.45, 2.75) is 57.8 Å². The van der Waals surface area contributed by atoms with Gasteiger partial charge in [-0.1, -0.05) is 18.2 Å². The number of rotatable bonds is 5. The number of H-pyrrole nitrogens is 1. The van der Waals surface area contributed by atoms with Crippen LogP contribution in [0.4, 0.5) is 4.39 Å². The number of carboxylic acid groups (broad SMARTS) is 1. The minimum atomic E-state index is -1.11. The van der Waals surface area contributed by atoms with E-state index in [-0.39, 0.29) is 17.5 Å². The summed E-state index contributed by atoms with van der Waals surface area (Å²) in [4.78, 5) is 17.0. The summed E-state index contributed by atoms with van der Waals surface area (Å²) in [5, 5.41) is 10.5. The summed E-state index contributed by atoms with van der Waals surface area (Å²) in [6.07, 6.45) is 5.01. The molecular formula is C26H29FN2O2. The van der Waals surface area contributed by atoms with Gasteiger partial charge in [0.2, 0.25) is 0 Å². The van der Waals surface area contributed by atoms with E-state index in [0.29, 0.717) is 19.4 Å². The number of aromatic nitrogens is 1. The van der Waals surface area contributed by atoms with E-state index in [2.05, 4.69) is 35.9 Å². The van der Waals surface area contributed by atoms with Gasteiger partial charge in [-0.15, -0.1) is 0 Å². The second-order valence-corrected chi connectivity index (χ2v) is 9.43. The average molecular weight is 421 g/mol. The molecule has 3 aromatic rings. The topological polar surface area (TPSA) is 56.3 Å². The normalized spacial score (nSPS) is 24.5. The number of aromatic carboxylic acids is 1.